The average molecular weight is 377 g/mol. The summed E-state index contributed by atoms with van der Waals surface area (Å²) in [5.41, 5.74) is 1.48. The minimum absolute atomic E-state index is 0.120. The van der Waals surface area contributed by atoms with Gasteiger partial charge in [0, 0.05) is 12.5 Å². The van der Waals surface area contributed by atoms with Gasteiger partial charge in [0.25, 0.3) is 5.92 Å². The second-order valence-electron chi connectivity index (χ2n) is 6.48. The Kier molecular flexibility index (Phi) is 5.20. The minimum Gasteiger partial charge on any atom is -0.461 e. The molecule has 0 amide bonds. The van der Waals surface area contributed by atoms with Gasteiger partial charge in [0.2, 0.25) is 0 Å². The number of aromatic nitrogens is 4. The summed E-state index contributed by atoms with van der Waals surface area (Å²) in [5, 5.41) is 7.71. The maximum Gasteiger partial charge on any atom is 0.360 e. The lowest BCUT2D eigenvalue weighted by molar-refractivity contribution is -0.0138. The van der Waals surface area contributed by atoms with Gasteiger partial charge in [0.05, 0.1) is 31.6 Å². The number of nitrogens with zero attached hydrogens (tertiary/aromatic N) is 5. The third-order valence-electron chi connectivity index (χ3n) is 4.49. The fourth-order valence-corrected chi connectivity index (χ4v) is 2.94. The first-order chi connectivity index (χ1) is 12.8. The van der Waals surface area contributed by atoms with Crippen LogP contribution in [0.5, 0.6) is 0 Å². The Bertz CT molecular complexity index is 852. The molecule has 0 spiro atoms. The van der Waals surface area contributed by atoms with Crippen molar-refractivity contribution < 1.29 is 18.3 Å². The van der Waals surface area contributed by atoms with Crippen molar-refractivity contribution in [2.75, 3.05) is 24.6 Å². The Morgan fingerprint density at radius 3 is 2.89 bits per heavy atom. The van der Waals surface area contributed by atoms with Crippen molar-refractivity contribution in [3.63, 3.8) is 0 Å². The molecule has 0 aliphatic carbocycles. The van der Waals surface area contributed by atoms with Crippen LogP contribution in [-0.2, 0) is 11.3 Å². The van der Waals surface area contributed by atoms with E-state index in [1.807, 2.05) is 0 Å². The number of pyridine rings is 1. The number of ether oxygens (including phenoxy) is 1. The highest BCUT2D eigenvalue weighted by atomic mass is 19.3. The van der Waals surface area contributed by atoms with Crippen molar-refractivity contribution in [2.24, 2.45) is 5.92 Å². The summed E-state index contributed by atoms with van der Waals surface area (Å²) in [7, 11) is 0. The van der Waals surface area contributed by atoms with Gasteiger partial charge >= 0.3 is 5.97 Å². The molecule has 0 radical (unpaired) electrons. The molecular weight excluding hydrogens is 356 g/mol. The van der Waals surface area contributed by atoms with Crippen molar-refractivity contribution in [1.29, 1.82) is 0 Å². The molecule has 1 fully saturated rings. The van der Waals surface area contributed by atoms with E-state index in [4.69, 9.17) is 4.74 Å². The minimum atomic E-state index is -2.72. The third kappa shape index (κ3) is 3.96. The Hall–Kier alpha value is -2.84. The van der Waals surface area contributed by atoms with Gasteiger partial charge in [0.15, 0.2) is 5.69 Å². The number of esters is 1. The number of carbonyl (C=O) groups is 1. The largest absolute Gasteiger partial charge is 0.461 e. The third-order valence-corrected chi connectivity index (χ3v) is 4.49. The number of hydrogen-bond donors (Lipinski definition) is 0. The first-order valence-corrected chi connectivity index (χ1v) is 8.66. The summed E-state index contributed by atoms with van der Waals surface area (Å²) < 4.78 is 34.0. The molecule has 27 heavy (non-hydrogen) atoms. The zero-order valence-electron chi connectivity index (χ0n) is 15.2. The molecule has 144 valence electrons. The number of carbonyl (C=O) groups excluding carboxylic acids is 1. The molecule has 9 heteroatoms. The van der Waals surface area contributed by atoms with Crippen molar-refractivity contribution in [2.45, 2.75) is 26.3 Å². The highest BCUT2D eigenvalue weighted by molar-refractivity contribution is 5.86. The number of rotatable bonds is 6. The van der Waals surface area contributed by atoms with E-state index in [9.17, 15) is 13.6 Å². The van der Waals surface area contributed by atoms with E-state index in [0.717, 1.165) is 5.56 Å². The Balaban J connectivity index is 1.78. The van der Waals surface area contributed by atoms with Crippen LogP contribution in [0.1, 0.15) is 35.6 Å². The molecule has 1 saturated heterocycles. The Morgan fingerprint density at radius 2 is 2.26 bits per heavy atom. The summed E-state index contributed by atoms with van der Waals surface area (Å²) >= 11 is 0. The summed E-state index contributed by atoms with van der Waals surface area (Å²) in [5.74, 6) is -3.49. The molecule has 2 aromatic heterocycles. The number of anilines is 1. The number of alkyl halides is 2. The maximum atomic E-state index is 13.8. The van der Waals surface area contributed by atoms with E-state index in [1.54, 1.807) is 30.0 Å². The van der Waals surface area contributed by atoms with Crippen LogP contribution >= 0.6 is 0 Å². The average Bonchev–Trinajstić information content (AvgIpc) is 3.20. The van der Waals surface area contributed by atoms with E-state index in [2.05, 4.69) is 21.9 Å². The number of hydrogen-bond acceptors (Lipinski definition) is 6. The van der Waals surface area contributed by atoms with Crippen LogP contribution in [0.4, 0.5) is 14.6 Å². The van der Waals surface area contributed by atoms with Gasteiger partial charge < -0.3 is 9.64 Å². The second kappa shape index (κ2) is 7.42. The van der Waals surface area contributed by atoms with Crippen LogP contribution in [0.15, 0.2) is 24.9 Å². The molecule has 1 atom stereocenters. The van der Waals surface area contributed by atoms with Gasteiger partial charge in [-0.3, -0.25) is 0 Å². The highest BCUT2D eigenvalue weighted by Gasteiger charge is 2.45. The molecule has 0 N–H and O–H groups in total. The van der Waals surface area contributed by atoms with Gasteiger partial charge in [-0.25, -0.2) is 23.2 Å². The second-order valence-corrected chi connectivity index (χ2v) is 6.48. The van der Waals surface area contributed by atoms with Gasteiger partial charge in [-0.15, -0.1) is 5.10 Å². The van der Waals surface area contributed by atoms with Crippen LogP contribution < -0.4 is 4.90 Å². The lowest BCUT2D eigenvalue weighted by atomic mass is 10.1. The van der Waals surface area contributed by atoms with Gasteiger partial charge in [-0.05, 0) is 24.6 Å². The van der Waals surface area contributed by atoms with Crippen LogP contribution in [-0.4, -0.2) is 51.6 Å². The van der Waals surface area contributed by atoms with Gasteiger partial charge in [0.1, 0.15) is 5.82 Å². The van der Waals surface area contributed by atoms with Crippen LogP contribution in [0, 0.1) is 5.92 Å². The molecule has 7 nitrogen and oxygen atoms in total. The predicted octanol–water partition coefficient (Wildman–Crippen LogP) is 2.63. The van der Waals surface area contributed by atoms with Crippen LogP contribution in [0.3, 0.4) is 0 Å². The van der Waals surface area contributed by atoms with E-state index in [1.165, 1.54) is 17.8 Å². The zero-order valence-corrected chi connectivity index (χ0v) is 15.2. The van der Waals surface area contributed by atoms with E-state index < -0.39 is 17.8 Å². The summed E-state index contributed by atoms with van der Waals surface area (Å²) in [6, 6.07) is 3.51. The van der Waals surface area contributed by atoms with Gasteiger partial charge in [-0.2, -0.15) is 0 Å². The monoisotopic (exact) mass is 377 g/mol. The molecular formula is C18H21F2N5O2. The van der Waals surface area contributed by atoms with Crippen molar-refractivity contribution in [3.05, 3.63) is 41.9 Å². The van der Waals surface area contributed by atoms with Crippen molar-refractivity contribution in [1.82, 2.24) is 20.0 Å². The molecule has 1 aliphatic heterocycles. The Labute approximate surface area is 155 Å². The van der Waals surface area contributed by atoms with Crippen LogP contribution in [0.25, 0.3) is 6.08 Å². The molecule has 2 aromatic rings. The van der Waals surface area contributed by atoms with Gasteiger partial charge in [-0.1, -0.05) is 24.8 Å². The molecule has 3 heterocycles. The number of halogens is 2. The lowest BCUT2D eigenvalue weighted by Crippen LogP contribution is -2.27. The summed E-state index contributed by atoms with van der Waals surface area (Å²) in [4.78, 5) is 17.7. The summed E-state index contributed by atoms with van der Waals surface area (Å²) in [6.07, 6.45) is 3.06. The molecule has 0 aromatic carbocycles. The first-order valence-electron chi connectivity index (χ1n) is 8.66. The quantitative estimate of drug-likeness (QED) is 0.721. The zero-order chi connectivity index (χ0) is 19.6. The normalized spacial score (nSPS) is 18.5. The standard InChI is InChI=1S/C18H21F2N5O2/c1-4-14-13(9-25-10-15(22-23-25)17(26)27-5-2)6-7-16(21-14)24-8-12(3)18(19,20)11-24/h4,6-7,10,12H,1,5,8-9,11H2,2-3H3. The lowest BCUT2D eigenvalue weighted by Gasteiger charge is -2.18. The Morgan fingerprint density at radius 1 is 1.48 bits per heavy atom. The van der Waals surface area contributed by atoms with Crippen molar-refractivity contribution >= 4 is 17.9 Å². The molecule has 1 aliphatic rings. The molecule has 1 unspecified atom stereocenters. The van der Waals surface area contributed by atoms with Crippen molar-refractivity contribution in [3.8, 4) is 0 Å². The topological polar surface area (TPSA) is 73.1 Å². The first kappa shape index (κ1) is 18.9. The molecule has 3 rings (SSSR count). The SMILES string of the molecule is C=Cc1nc(N2CC(C)C(F)(F)C2)ccc1Cn1cc(C(=O)OCC)nn1. The van der Waals surface area contributed by atoms with E-state index in [-0.39, 0.29) is 25.4 Å². The fourth-order valence-electron chi connectivity index (χ4n) is 2.94. The predicted molar refractivity (Wildman–Crippen MR) is 95.7 cm³/mol. The molecule has 0 saturated carbocycles. The van der Waals surface area contributed by atoms with Crippen LogP contribution in [0.2, 0.25) is 0 Å². The van der Waals surface area contributed by atoms with E-state index in [0.29, 0.717) is 18.1 Å². The van der Waals surface area contributed by atoms with E-state index >= 15 is 0 Å². The highest BCUT2D eigenvalue weighted by Crippen LogP contribution is 2.35. The smallest absolute Gasteiger partial charge is 0.360 e. The maximum absolute atomic E-state index is 13.8. The molecule has 0 bridgehead atoms. The summed E-state index contributed by atoms with van der Waals surface area (Å²) in [6.45, 7) is 7.48. The fraction of sp³-hybridized carbons (Fsp3) is 0.444.